The van der Waals surface area contributed by atoms with Gasteiger partial charge in [-0.3, -0.25) is 9.59 Å². The van der Waals surface area contributed by atoms with Crippen LogP contribution in [0.15, 0.2) is 41.3 Å². The van der Waals surface area contributed by atoms with E-state index in [-0.39, 0.29) is 17.7 Å². The molecule has 32 heavy (non-hydrogen) atoms. The van der Waals surface area contributed by atoms with Crippen LogP contribution in [0, 0.1) is 12.8 Å². The molecule has 170 valence electrons. The number of fused-ring (bicyclic) bond motifs is 1. The number of aryl methyl sites for hydroxylation is 3. The second-order valence-corrected chi connectivity index (χ2v) is 10.6. The van der Waals surface area contributed by atoms with Gasteiger partial charge in [0.25, 0.3) is 0 Å². The molecule has 0 aromatic heterocycles. The van der Waals surface area contributed by atoms with Crippen molar-refractivity contribution in [1.29, 1.82) is 0 Å². The average Bonchev–Trinajstić information content (AvgIpc) is 3.24. The Bertz CT molecular complexity index is 1150. The summed E-state index contributed by atoms with van der Waals surface area (Å²) in [7, 11) is -3.55. The molecule has 0 bridgehead atoms. The Morgan fingerprint density at radius 2 is 1.69 bits per heavy atom. The van der Waals surface area contributed by atoms with Crippen molar-refractivity contribution in [1.82, 2.24) is 4.31 Å². The molecule has 2 aromatic rings. The normalized spacial score (nSPS) is 17.1. The molecular weight excluding hydrogens is 426 g/mol. The van der Waals surface area contributed by atoms with Crippen molar-refractivity contribution < 1.29 is 18.0 Å². The molecule has 1 fully saturated rings. The zero-order valence-electron chi connectivity index (χ0n) is 18.5. The van der Waals surface area contributed by atoms with Crippen LogP contribution in [0.3, 0.4) is 0 Å². The minimum atomic E-state index is -3.55. The first-order valence-corrected chi connectivity index (χ1v) is 12.5. The Kier molecular flexibility index (Phi) is 6.35. The van der Waals surface area contributed by atoms with E-state index in [1.165, 1.54) is 16.8 Å². The zero-order chi connectivity index (χ0) is 22.9. The van der Waals surface area contributed by atoms with Gasteiger partial charge in [0, 0.05) is 37.3 Å². The first kappa shape index (κ1) is 22.5. The summed E-state index contributed by atoms with van der Waals surface area (Å²) in [5.74, 6) is -0.559. The number of sulfonamides is 1. The minimum Gasteiger partial charge on any atom is -0.326 e. The Morgan fingerprint density at radius 1 is 0.969 bits per heavy atom. The average molecular weight is 456 g/mol. The fourth-order valence-electron chi connectivity index (χ4n) is 4.49. The van der Waals surface area contributed by atoms with Gasteiger partial charge in [-0.15, -0.1) is 0 Å². The first-order chi connectivity index (χ1) is 15.2. The molecule has 2 aliphatic rings. The lowest BCUT2D eigenvalue weighted by molar-refractivity contribution is -0.121. The van der Waals surface area contributed by atoms with Crippen LogP contribution < -0.4 is 10.6 Å². The van der Waals surface area contributed by atoms with E-state index in [4.69, 9.17) is 0 Å². The molecule has 1 heterocycles. The summed E-state index contributed by atoms with van der Waals surface area (Å²) in [6.07, 6.45) is 3.97. The maximum atomic E-state index is 13.1. The highest BCUT2D eigenvalue weighted by Gasteiger charge is 2.32. The van der Waals surface area contributed by atoms with Crippen molar-refractivity contribution in [2.24, 2.45) is 5.92 Å². The lowest BCUT2D eigenvalue weighted by atomic mass is 9.97. The molecule has 0 spiro atoms. The SMILES string of the molecule is CC(=O)Nc1ccc(C)c(NC(=O)C2CCN(S(=O)(=O)c3ccc4c(c3)CCC4)CC2)c1. The van der Waals surface area contributed by atoms with Crippen molar-refractivity contribution >= 4 is 33.2 Å². The number of nitrogens with one attached hydrogen (secondary N) is 2. The zero-order valence-corrected chi connectivity index (χ0v) is 19.3. The summed E-state index contributed by atoms with van der Waals surface area (Å²) in [5, 5.41) is 5.66. The summed E-state index contributed by atoms with van der Waals surface area (Å²) in [5.41, 5.74) is 4.54. The van der Waals surface area contributed by atoms with Crippen LogP contribution in [0.5, 0.6) is 0 Å². The van der Waals surface area contributed by atoms with E-state index in [1.807, 2.05) is 25.1 Å². The minimum absolute atomic E-state index is 0.123. The maximum absolute atomic E-state index is 13.1. The second kappa shape index (κ2) is 9.03. The van der Waals surface area contributed by atoms with Crippen molar-refractivity contribution in [2.75, 3.05) is 23.7 Å². The molecule has 0 atom stereocenters. The number of hydrogen-bond donors (Lipinski definition) is 2. The molecule has 2 amide bonds. The lowest BCUT2D eigenvalue weighted by Crippen LogP contribution is -2.41. The van der Waals surface area contributed by atoms with E-state index in [0.717, 1.165) is 30.4 Å². The largest absolute Gasteiger partial charge is 0.326 e. The molecule has 0 saturated carbocycles. The van der Waals surface area contributed by atoms with Gasteiger partial charge >= 0.3 is 0 Å². The number of nitrogens with zero attached hydrogens (tertiary/aromatic N) is 1. The fourth-order valence-corrected chi connectivity index (χ4v) is 6.01. The van der Waals surface area contributed by atoms with Gasteiger partial charge in [-0.25, -0.2) is 8.42 Å². The molecule has 8 heteroatoms. The molecule has 0 unspecified atom stereocenters. The van der Waals surface area contributed by atoms with Gasteiger partial charge < -0.3 is 10.6 Å². The van der Waals surface area contributed by atoms with Gasteiger partial charge in [0.2, 0.25) is 21.8 Å². The number of amides is 2. The maximum Gasteiger partial charge on any atom is 0.243 e. The Balaban J connectivity index is 1.39. The van der Waals surface area contributed by atoms with E-state index < -0.39 is 10.0 Å². The van der Waals surface area contributed by atoms with Crippen LogP contribution in [0.1, 0.15) is 42.9 Å². The quantitative estimate of drug-likeness (QED) is 0.722. The predicted molar refractivity (Wildman–Crippen MR) is 124 cm³/mol. The van der Waals surface area contributed by atoms with Crippen molar-refractivity contribution in [2.45, 2.75) is 50.8 Å². The topological polar surface area (TPSA) is 95.6 Å². The number of carbonyl (C=O) groups is 2. The molecule has 4 rings (SSSR count). The Hall–Kier alpha value is -2.71. The van der Waals surface area contributed by atoms with Crippen LogP contribution in [-0.2, 0) is 32.5 Å². The van der Waals surface area contributed by atoms with Crippen LogP contribution in [0.4, 0.5) is 11.4 Å². The number of piperidine rings is 1. The summed E-state index contributed by atoms with van der Waals surface area (Å²) in [6, 6.07) is 10.8. The third-order valence-corrected chi connectivity index (χ3v) is 8.24. The van der Waals surface area contributed by atoms with E-state index in [2.05, 4.69) is 10.6 Å². The first-order valence-electron chi connectivity index (χ1n) is 11.0. The summed E-state index contributed by atoms with van der Waals surface area (Å²) >= 11 is 0. The highest BCUT2D eigenvalue weighted by Crippen LogP contribution is 2.29. The molecular formula is C24H29N3O4S. The van der Waals surface area contributed by atoms with E-state index in [1.54, 1.807) is 18.2 Å². The number of rotatable bonds is 5. The summed E-state index contributed by atoms with van der Waals surface area (Å²) < 4.78 is 27.7. The smallest absolute Gasteiger partial charge is 0.243 e. The molecule has 1 aliphatic carbocycles. The predicted octanol–water partition coefficient (Wildman–Crippen LogP) is 3.48. The third-order valence-electron chi connectivity index (χ3n) is 6.35. The lowest BCUT2D eigenvalue weighted by Gasteiger charge is -2.30. The van der Waals surface area contributed by atoms with Crippen molar-refractivity contribution in [3.8, 4) is 0 Å². The van der Waals surface area contributed by atoms with Gasteiger partial charge in [-0.2, -0.15) is 4.31 Å². The van der Waals surface area contributed by atoms with Crippen LogP contribution >= 0.6 is 0 Å². The van der Waals surface area contributed by atoms with Gasteiger partial charge in [0.05, 0.1) is 4.90 Å². The Labute approximate surface area is 189 Å². The molecule has 2 N–H and O–H groups in total. The van der Waals surface area contributed by atoms with Gasteiger partial charge in [-0.05, 0) is 80.0 Å². The molecule has 1 saturated heterocycles. The highest BCUT2D eigenvalue weighted by atomic mass is 32.2. The summed E-state index contributed by atoms with van der Waals surface area (Å²) in [4.78, 5) is 24.5. The molecule has 1 aliphatic heterocycles. The summed E-state index contributed by atoms with van der Waals surface area (Å²) in [6.45, 7) is 3.96. The van der Waals surface area contributed by atoms with Crippen LogP contribution in [0.25, 0.3) is 0 Å². The molecule has 2 aromatic carbocycles. The number of carbonyl (C=O) groups excluding carboxylic acids is 2. The van der Waals surface area contributed by atoms with Crippen LogP contribution in [-0.4, -0.2) is 37.6 Å². The fraction of sp³-hybridized carbons (Fsp3) is 0.417. The number of benzene rings is 2. The standard InChI is InChI=1S/C24H29N3O4S/c1-16-6-8-21(25-17(2)28)15-23(16)26-24(29)19-10-12-27(13-11-19)32(30,31)22-9-7-18-4-3-5-20(18)14-22/h6-9,14-15,19H,3-5,10-13H2,1-2H3,(H,25,28)(H,26,29). The van der Waals surface area contributed by atoms with Crippen LogP contribution in [0.2, 0.25) is 0 Å². The van der Waals surface area contributed by atoms with Gasteiger partial charge in [-0.1, -0.05) is 12.1 Å². The van der Waals surface area contributed by atoms with E-state index in [9.17, 15) is 18.0 Å². The van der Waals surface area contributed by atoms with E-state index >= 15 is 0 Å². The van der Waals surface area contributed by atoms with Crippen molar-refractivity contribution in [3.05, 3.63) is 53.1 Å². The van der Waals surface area contributed by atoms with Gasteiger partial charge in [0.1, 0.15) is 0 Å². The Morgan fingerprint density at radius 3 is 2.41 bits per heavy atom. The van der Waals surface area contributed by atoms with Crippen molar-refractivity contribution in [3.63, 3.8) is 0 Å². The second-order valence-electron chi connectivity index (χ2n) is 8.66. The monoisotopic (exact) mass is 455 g/mol. The van der Waals surface area contributed by atoms with Gasteiger partial charge in [0.15, 0.2) is 0 Å². The third kappa shape index (κ3) is 4.71. The molecule has 0 radical (unpaired) electrons. The highest BCUT2D eigenvalue weighted by molar-refractivity contribution is 7.89. The molecule has 7 nitrogen and oxygen atoms in total. The van der Waals surface area contributed by atoms with E-state index in [0.29, 0.717) is 42.2 Å². The number of anilines is 2. The number of hydrogen-bond acceptors (Lipinski definition) is 4.